The summed E-state index contributed by atoms with van der Waals surface area (Å²) in [4.78, 5) is 26.5. The lowest BCUT2D eigenvalue weighted by Gasteiger charge is -2.32. The fraction of sp³-hybridized carbons (Fsp3) is 0.500. The maximum atomic E-state index is 12.9. The highest BCUT2D eigenvalue weighted by Gasteiger charge is 2.41. The molecule has 0 radical (unpaired) electrons. The summed E-state index contributed by atoms with van der Waals surface area (Å²) in [5.41, 5.74) is 6.60. The molecule has 1 unspecified atom stereocenters. The van der Waals surface area contributed by atoms with Gasteiger partial charge in [-0.25, -0.2) is 0 Å². The van der Waals surface area contributed by atoms with Crippen molar-refractivity contribution in [3.05, 3.63) is 29.8 Å². The van der Waals surface area contributed by atoms with Gasteiger partial charge in [0.1, 0.15) is 6.04 Å². The number of carbonyl (C=O) groups is 2. The van der Waals surface area contributed by atoms with Gasteiger partial charge in [0.2, 0.25) is 11.8 Å². The van der Waals surface area contributed by atoms with Crippen LogP contribution in [0.3, 0.4) is 0 Å². The third-order valence-corrected chi connectivity index (χ3v) is 4.23. The number of hydrogen-bond acceptors (Lipinski definition) is 3. The first-order valence-corrected chi connectivity index (χ1v) is 7.26. The standard InChI is InChI=1S/C16H23N3O2/c1-16(2,11-6-8-12(17)9-7-11)15(21)19-10-4-5-13(19)14(20)18-3/h6-9,13H,4-5,10,17H2,1-3H3,(H,18,20). The maximum absolute atomic E-state index is 12.9. The Hall–Kier alpha value is -2.04. The fourth-order valence-electron chi connectivity index (χ4n) is 2.83. The maximum Gasteiger partial charge on any atom is 0.242 e. The van der Waals surface area contributed by atoms with Gasteiger partial charge in [0.15, 0.2) is 0 Å². The predicted octanol–water partition coefficient (Wildman–Crippen LogP) is 1.28. The molecular weight excluding hydrogens is 266 g/mol. The highest BCUT2D eigenvalue weighted by Crippen LogP contribution is 2.30. The largest absolute Gasteiger partial charge is 0.399 e. The first-order valence-electron chi connectivity index (χ1n) is 7.26. The Kier molecular flexibility index (Phi) is 4.21. The van der Waals surface area contributed by atoms with Gasteiger partial charge >= 0.3 is 0 Å². The molecule has 1 aromatic carbocycles. The summed E-state index contributed by atoms with van der Waals surface area (Å²) in [7, 11) is 1.61. The number of likely N-dealkylation sites (tertiary alicyclic amines) is 1. The lowest BCUT2D eigenvalue weighted by Crippen LogP contribution is -2.50. The topological polar surface area (TPSA) is 75.4 Å². The van der Waals surface area contributed by atoms with E-state index in [2.05, 4.69) is 5.32 Å². The molecule has 5 heteroatoms. The number of likely N-dealkylation sites (N-methyl/N-ethyl adjacent to an activating group) is 1. The monoisotopic (exact) mass is 289 g/mol. The fourth-order valence-corrected chi connectivity index (χ4v) is 2.83. The summed E-state index contributed by atoms with van der Waals surface area (Å²) in [5.74, 6) is -0.104. The smallest absolute Gasteiger partial charge is 0.242 e. The number of anilines is 1. The van der Waals surface area contributed by atoms with Crippen LogP contribution in [-0.4, -0.2) is 36.3 Å². The van der Waals surface area contributed by atoms with Crippen LogP contribution in [0.2, 0.25) is 0 Å². The van der Waals surface area contributed by atoms with Crippen molar-refractivity contribution in [3.63, 3.8) is 0 Å². The molecule has 0 aromatic heterocycles. The van der Waals surface area contributed by atoms with Crippen molar-refractivity contribution >= 4 is 17.5 Å². The van der Waals surface area contributed by atoms with Gasteiger partial charge in [-0.3, -0.25) is 9.59 Å². The third-order valence-electron chi connectivity index (χ3n) is 4.23. The van der Waals surface area contributed by atoms with Gasteiger partial charge in [-0.2, -0.15) is 0 Å². The van der Waals surface area contributed by atoms with Crippen LogP contribution in [0, 0.1) is 0 Å². The van der Waals surface area contributed by atoms with Gasteiger partial charge in [-0.1, -0.05) is 12.1 Å². The van der Waals surface area contributed by atoms with Crippen LogP contribution in [0.4, 0.5) is 5.69 Å². The van der Waals surface area contributed by atoms with Gasteiger partial charge in [0.25, 0.3) is 0 Å². The van der Waals surface area contributed by atoms with Crippen LogP contribution < -0.4 is 11.1 Å². The average Bonchev–Trinajstić information content (AvgIpc) is 2.95. The molecule has 114 valence electrons. The van der Waals surface area contributed by atoms with E-state index in [1.165, 1.54) is 0 Å². The summed E-state index contributed by atoms with van der Waals surface area (Å²) < 4.78 is 0. The Morgan fingerprint density at radius 1 is 1.29 bits per heavy atom. The summed E-state index contributed by atoms with van der Waals surface area (Å²) >= 11 is 0. The second kappa shape index (κ2) is 5.76. The Balaban J connectivity index is 2.25. The van der Waals surface area contributed by atoms with Gasteiger partial charge in [-0.15, -0.1) is 0 Å². The summed E-state index contributed by atoms with van der Waals surface area (Å²) in [6, 6.07) is 6.99. The van der Waals surface area contributed by atoms with E-state index in [0.29, 0.717) is 12.2 Å². The number of carbonyl (C=O) groups excluding carboxylic acids is 2. The zero-order valence-electron chi connectivity index (χ0n) is 12.8. The Bertz CT molecular complexity index is 537. The van der Waals surface area contributed by atoms with Crippen molar-refractivity contribution in [1.29, 1.82) is 0 Å². The van der Waals surface area contributed by atoms with Crippen molar-refractivity contribution in [1.82, 2.24) is 10.2 Å². The normalized spacial score (nSPS) is 18.6. The third kappa shape index (κ3) is 2.86. The van der Waals surface area contributed by atoms with E-state index in [1.807, 2.05) is 26.0 Å². The number of hydrogen-bond donors (Lipinski definition) is 2. The van der Waals surface area contributed by atoms with E-state index in [0.717, 1.165) is 18.4 Å². The zero-order valence-corrected chi connectivity index (χ0v) is 12.8. The molecule has 0 spiro atoms. The minimum absolute atomic E-state index is 0.0154. The van der Waals surface area contributed by atoms with E-state index in [1.54, 1.807) is 24.1 Å². The van der Waals surface area contributed by atoms with Gasteiger partial charge in [0.05, 0.1) is 5.41 Å². The molecule has 0 bridgehead atoms. The van der Waals surface area contributed by atoms with Crippen molar-refractivity contribution in [3.8, 4) is 0 Å². The molecule has 3 N–H and O–H groups in total. The molecule has 1 fully saturated rings. The Morgan fingerprint density at radius 3 is 2.48 bits per heavy atom. The van der Waals surface area contributed by atoms with Gasteiger partial charge in [-0.05, 0) is 44.4 Å². The molecule has 21 heavy (non-hydrogen) atoms. The first kappa shape index (κ1) is 15.4. The van der Waals surface area contributed by atoms with Crippen LogP contribution in [0.1, 0.15) is 32.3 Å². The Morgan fingerprint density at radius 2 is 1.90 bits per heavy atom. The molecule has 0 saturated carbocycles. The van der Waals surface area contributed by atoms with Crippen molar-refractivity contribution in [2.75, 3.05) is 19.3 Å². The SMILES string of the molecule is CNC(=O)C1CCCN1C(=O)C(C)(C)c1ccc(N)cc1. The number of nitrogens with zero attached hydrogens (tertiary/aromatic N) is 1. The number of nitrogens with two attached hydrogens (primary N) is 1. The molecule has 5 nitrogen and oxygen atoms in total. The highest BCUT2D eigenvalue weighted by molar-refractivity contribution is 5.93. The number of nitrogen functional groups attached to an aromatic ring is 1. The van der Waals surface area contributed by atoms with Gasteiger partial charge < -0.3 is 16.0 Å². The molecule has 1 atom stereocenters. The predicted molar refractivity (Wildman–Crippen MR) is 82.7 cm³/mol. The molecule has 1 aliphatic heterocycles. The molecule has 2 rings (SSSR count). The summed E-state index contributed by atoms with van der Waals surface area (Å²) in [6.07, 6.45) is 1.59. The summed E-state index contributed by atoms with van der Waals surface area (Å²) in [6.45, 7) is 4.41. The van der Waals surface area contributed by atoms with Crippen molar-refractivity contribution < 1.29 is 9.59 Å². The number of benzene rings is 1. The minimum atomic E-state index is -0.676. The molecular formula is C16H23N3O2. The minimum Gasteiger partial charge on any atom is -0.399 e. The zero-order chi connectivity index (χ0) is 15.6. The lowest BCUT2D eigenvalue weighted by molar-refractivity contribution is -0.142. The molecule has 1 heterocycles. The van der Waals surface area contributed by atoms with Crippen molar-refractivity contribution in [2.45, 2.75) is 38.1 Å². The number of nitrogens with one attached hydrogen (secondary N) is 1. The molecule has 2 amide bonds. The van der Waals surface area contributed by atoms with Crippen molar-refractivity contribution in [2.24, 2.45) is 0 Å². The quantitative estimate of drug-likeness (QED) is 0.823. The van der Waals surface area contributed by atoms with Crippen LogP contribution in [0.25, 0.3) is 0 Å². The van der Waals surface area contributed by atoms with E-state index in [-0.39, 0.29) is 17.9 Å². The Labute approximate surface area is 125 Å². The van der Waals surface area contributed by atoms with Crippen LogP contribution in [-0.2, 0) is 15.0 Å². The van der Waals surface area contributed by atoms with Gasteiger partial charge in [0, 0.05) is 19.3 Å². The molecule has 1 saturated heterocycles. The second-order valence-corrected chi connectivity index (χ2v) is 6.02. The van der Waals surface area contributed by atoms with E-state index in [4.69, 9.17) is 5.73 Å². The van der Waals surface area contributed by atoms with E-state index in [9.17, 15) is 9.59 Å². The van der Waals surface area contributed by atoms with Crippen LogP contribution in [0.15, 0.2) is 24.3 Å². The number of amides is 2. The summed E-state index contributed by atoms with van der Waals surface area (Å²) in [5, 5.41) is 2.64. The first-order chi connectivity index (χ1) is 9.87. The van der Waals surface area contributed by atoms with E-state index < -0.39 is 5.41 Å². The van der Waals surface area contributed by atoms with Crippen LogP contribution in [0.5, 0.6) is 0 Å². The molecule has 1 aromatic rings. The second-order valence-electron chi connectivity index (χ2n) is 6.02. The molecule has 0 aliphatic carbocycles. The van der Waals surface area contributed by atoms with Crippen LogP contribution >= 0.6 is 0 Å². The average molecular weight is 289 g/mol. The highest BCUT2D eigenvalue weighted by atomic mass is 16.2. The number of rotatable bonds is 3. The molecule has 1 aliphatic rings. The lowest BCUT2D eigenvalue weighted by atomic mass is 9.83. The van der Waals surface area contributed by atoms with E-state index >= 15 is 0 Å².